The van der Waals surface area contributed by atoms with Gasteiger partial charge in [-0.3, -0.25) is 9.59 Å². The lowest BCUT2D eigenvalue weighted by Crippen LogP contribution is -2.18. The smallest absolute Gasteiger partial charge is 0.306 e. The Hall–Kier alpha value is -1.32. The van der Waals surface area contributed by atoms with Gasteiger partial charge in [0.15, 0.2) is 0 Å². The van der Waals surface area contributed by atoms with E-state index in [1.54, 1.807) is 0 Å². The second-order valence-corrected chi connectivity index (χ2v) is 15.6. The molecule has 0 rings (SSSR count). The van der Waals surface area contributed by atoms with Gasteiger partial charge in [-0.2, -0.15) is 0 Å². The van der Waals surface area contributed by atoms with Crippen molar-refractivity contribution in [1.29, 1.82) is 0 Å². The highest BCUT2D eigenvalue weighted by Crippen LogP contribution is 2.18. The summed E-state index contributed by atoms with van der Waals surface area (Å²) in [7, 11) is 0. The topological polar surface area (TPSA) is 63.6 Å². The molecule has 0 radical (unpaired) electrons. The average molecular weight is 705 g/mol. The fourth-order valence-corrected chi connectivity index (χ4v) is 7.18. The molecule has 0 aromatic heterocycles. The highest BCUT2D eigenvalue weighted by atomic mass is 16.5. The second kappa shape index (κ2) is 42.1. The minimum atomic E-state index is -0.663. The third-order valence-corrected chi connectivity index (χ3v) is 10.5. The van der Waals surface area contributed by atoms with Crippen molar-refractivity contribution in [3.05, 3.63) is 12.2 Å². The fourth-order valence-electron chi connectivity index (χ4n) is 7.18. The molecule has 0 saturated heterocycles. The van der Waals surface area contributed by atoms with Crippen LogP contribution in [0, 0.1) is 0 Å². The number of rotatable bonds is 42. The lowest BCUT2D eigenvalue weighted by molar-refractivity contribution is -0.150. The maximum atomic E-state index is 12.5. The number of carboxylic acids is 1. The van der Waals surface area contributed by atoms with E-state index in [1.165, 1.54) is 193 Å². The van der Waals surface area contributed by atoms with Crippen LogP contribution in [-0.4, -0.2) is 23.1 Å². The van der Waals surface area contributed by atoms with Gasteiger partial charge in [-0.05, 0) is 57.8 Å². The summed E-state index contributed by atoms with van der Waals surface area (Å²) in [5.41, 5.74) is 0. The standard InChI is InChI=1S/C46H88O4/c1-3-5-6-7-8-9-10-11-12-13-14-15-16-17-21-24-27-30-33-36-39-43-46(49)50-44(40-4-2)41-37-34-31-28-25-22-19-18-20-23-26-29-32-35-38-42-45(47)48/h11-12,44H,3-10,13-43H2,1-2H3,(H,47,48)/b12-11-. The van der Waals surface area contributed by atoms with Crippen LogP contribution in [0.1, 0.15) is 264 Å². The van der Waals surface area contributed by atoms with Crippen molar-refractivity contribution in [2.24, 2.45) is 0 Å². The van der Waals surface area contributed by atoms with Crippen LogP contribution >= 0.6 is 0 Å². The number of carbonyl (C=O) groups excluding carboxylic acids is 1. The van der Waals surface area contributed by atoms with Gasteiger partial charge in [-0.15, -0.1) is 0 Å². The summed E-state index contributed by atoms with van der Waals surface area (Å²) < 4.78 is 5.90. The normalized spacial score (nSPS) is 12.2. The first kappa shape index (κ1) is 48.7. The fraction of sp³-hybridized carbons (Fsp3) is 0.913. The van der Waals surface area contributed by atoms with Crippen molar-refractivity contribution in [3.8, 4) is 0 Å². The average Bonchev–Trinajstić information content (AvgIpc) is 3.10. The minimum absolute atomic E-state index is 0.0347. The van der Waals surface area contributed by atoms with E-state index in [0.29, 0.717) is 12.8 Å². The first-order valence-electron chi connectivity index (χ1n) is 22.7. The van der Waals surface area contributed by atoms with E-state index in [4.69, 9.17) is 9.84 Å². The lowest BCUT2D eigenvalue weighted by atomic mass is 10.0. The Kier molecular flexibility index (Phi) is 41.0. The molecule has 0 fully saturated rings. The van der Waals surface area contributed by atoms with Crippen LogP contribution in [0.4, 0.5) is 0 Å². The van der Waals surface area contributed by atoms with Crippen molar-refractivity contribution in [3.63, 3.8) is 0 Å². The molecule has 0 aromatic carbocycles. The summed E-state index contributed by atoms with van der Waals surface area (Å²) in [5.74, 6) is -0.628. The number of carboxylic acid groups (broad SMARTS) is 1. The Balaban J connectivity index is 3.47. The summed E-state index contributed by atoms with van der Waals surface area (Å²) in [6.07, 6.45) is 53.2. The quantitative estimate of drug-likeness (QED) is 0.0390. The largest absolute Gasteiger partial charge is 0.481 e. The Morgan fingerprint density at radius 1 is 0.420 bits per heavy atom. The van der Waals surface area contributed by atoms with Gasteiger partial charge in [-0.25, -0.2) is 0 Å². The Morgan fingerprint density at radius 3 is 1.14 bits per heavy atom. The second-order valence-electron chi connectivity index (χ2n) is 15.6. The predicted molar refractivity (Wildman–Crippen MR) is 218 cm³/mol. The van der Waals surface area contributed by atoms with E-state index >= 15 is 0 Å². The number of hydrogen-bond donors (Lipinski definition) is 1. The summed E-state index contributed by atoms with van der Waals surface area (Å²) in [4.78, 5) is 23.0. The summed E-state index contributed by atoms with van der Waals surface area (Å²) in [6.45, 7) is 4.48. The molecule has 0 aliphatic rings. The zero-order valence-corrected chi connectivity index (χ0v) is 34.0. The lowest BCUT2D eigenvalue weighted by Gasteiger charge is -2.17. The molecular weight excluding hydrogens is 617 g/mol. The van der Waals surface area contributed by atoms with E-state index in [2.05, 4.69) is 26.0 Å². The molecule has 1 unspecified atom stereocenters. The van der Waals surface area contributed by atoms with Gasteiger partial charge in [0.25, 0.3) is 0 Å². The molecule has 0 amide bonds. The van der Waals surface area contributed by atoms with E-state index in [9.17, 15) is 9.59 Å². The molecule has 50 heavy (non-hydrogen) atoms. The number of carbonyl (C=O) groups is 2. The molecular formula is C46H88O4. The van der Waals surface area contributed by atoms with Gasteiger partial charge >= 0.3 is 11.9 Å². The molecule has 0 saturated carbocycles. The summed E-state index contributed by atoms with van der Waals surface area (Å²) >= 11 is 0. The first-order chi connectivity index (χ1) is 24.6. The monoisotopic (exact) mass is 705 g/mol. The van der Waals surface area contributed by atoms with Crippen LogP contribution in [0.5, 0.6) is 0 Å². The first-order valence-corrected chi connectivity index (χ1v) is 22.7. The molecule has 4 heteroatoms. The summed E-state index contributed by atoms with van der Waals surface area (Å²) in [5, 5.41) is 8.67. The van der Waals surface area contributed by atoms with Crippen LogP contribution in [0.15, 0.2) is 12.2 Å². The van der Waals surface area contributed by atoms with Crippen molar-refractivity contribution >= 4 is 11.9 Å². The number of allylic oxidation sites excluding steroid dienone is 2. The minimum Gasteiger partial charge on any atom is -0.481 e. The number of hydrogen-bond acceptors (Lipinski definition) is 3. The van der Waals surface area contributed by atoms with Crippen molar-refractivity contribution in [2.75, 3.05) is 0 Å². The molecule has 1 N–H and O–H groups in total. The molecule has 0 aliphatic carbocycles. The Bertz CT molecular complexity index is 717. The van der Waals surface area contributed by atoms with Crippen LogP contribution < -0.4 is 0 Å². The molecule has 4 nitrogen and oxygen atoms in total. The third kappa shape index (κ3) is 41.1. The highest BCUT2D eigenvalue weighted by molar-refractivity contribution is 5.69. The number of unbranched alkanes of at least 4 members (excludes halogenated alkanes) is 31. The maximum absolute atomic E-state index is 12.5. The van der Waals surface area contributed by atoms with Gasteiger partial charge in [-0.1, -0.05) is 206 Å². The van der Waals surface area contributed by atoms with E-state index in [0.717, 1.165) is 44.9 Å². The zero-order valence-electron chi connectivity index (χ0n) is 34.0. The van der Waals surface area contributed by atoms with E-state index in [1.807, 2.05) is 0 Å². The zero-order chi connectivity index (χ0) is 36.4. The van der Waals surface area contributed by atoms with Gasteiger partial charge in [0.2, 0.25) is 0 Å². The van der Waals surface area contributed by atoms with Gasteiger partial charge < -0.3 is 9.84 Å². The third-order valence-electron chi connectivity index (χ3n) is 10.5. The Labute approximate surface area is 313 Å². The van der Waals surface area contributed by atoms with Crippen LogP contribution in [-0.2, 0) is 14.3 Å². The SMILES string of the molecule is CCCCCCCC/C=C\CCCCCCCCCCCCCC(=O)OC(CCC)CCCCCCCCCCCCCCCCCC(=O)O. The molecule has 1 atom stereocenters. The Morgan fingerprint density at radius 2 is 0.760 bits per heavy atom. The van der Waals surface area contributed by atoms with Crippen LogP contribution in [0.2, 0.25) is 0 Å². The summed E-state index contributed by atoms with van der Waals surface area (Å²) in [6, 6.07) is 0. The van der Waals surface area contributed by atoms with Gasteiger partial charge in [0.1, 0.15) is 6.10 Å². The van der Waals surface area contributed by atoms with E-state index < -0.39 is 5.97 Å². The molecule has 0 aliphatic heterocycles. The van der Waals surface area contributed by atoms with Gasteiger partial charge in [0.05, 0.1) is 0 Å². The molecule has 0 bridgehead atoms. The number of aliphatic carboxylic acids is 1. The predicted octanol–water partition coefficient (Wildman–Crippen LogP) is 15.8. The van der Waals surface area contributed by atoms with Crippen molar-refractivity contribution in [2.45, 2.75) is 270 Å². The van der Waals surface area contributed by atoms with Crippen LogP contribution in [0.3, 0.4) is 0 Å². The maximum Gasteiger partial charge on any atom is 0.306 e. The molecule has 296 valence electrons. The van der Waals surface area contributed by atoms with Gasteiger partial charge in [0, 0.05) is 12.8 Å². The van der Waals surface area contributed by atoms with Crippen molar-refractivity contribution < 1.29 is 19.4 Å². The number of esters is 1. The molecule has 0 spiro atoms. The number of ether oxygens (including phenoxy) is 1. The van der Waals surface area contributed by atoms with Crippen molar-refractivity contribution in [1.82, 2.24) is 0 Å². The molecule has 0 heterocycles. The molecule has 0 aromatic rings. The van der Waals surface area contributed by atoms with Crippen LogP contribution in [0.25, 0.3) is 0 Å². The van der Waals surface area contributed by atoms with E-state index in [-0.39, 0.29) is 12.1 Å². The highest BCUT2D eigenvalue weighted by Gasteiger charge is 2.13.